The molecular formula is C23H27ClN2O2. The van der Waals surface area contributed by atoms with E-state index in [-0.39, 0.29) is 17.7 Å². The Balaban J connectivity index is 1.45. The Bertz CT molecular complexity index is 857. The van der Waals surface area contributed by atoms with Crippen molar-refractivity contribution in [3.63, 3.8) is 0 Å². The van der Waals surface area contributed by atoms with Crippen LogP contribution < -0.4 is 5.32 Å². The fraction of sp³-hybridized carbons (Fsp3) is 0.391. The Labute approximate surface area is 171 Å². The summed E-state index contributed by atoms with van der Waals surface area (Å²) < 4.78 is 0. The molecule has 148 valence electrons. The number of hydrogen-bond donors (Lipinski definition) is 1. The van der Waals surface area contributed by atoms with Crippen LogP contribution in [0.2, 0.25) is 5.02 Å². The second-order valence-corrected chi connectivity index (χ2v) is 7.97. The van der Waals surface area contributed by atoms with Gasteiger partial charge in [0.25, 0.3) is 5.91 Å². The first kappa shape index (κ1) is 20.4. The van der Waals surface area contributed by atoms with Crippen molar-refractivity contribution >= 4 is 23.4 Å². The molecule has 28 heavy (non-hydrogen) atoms. The highest BCUT2D eigenvalue weighted by Gasteiger charge is 2.27. The van der Waals surface area contributed by atoms with E-state index in [9.17, 15) is 9.59 Å². The maximum atomic E-state index is 12.7. The molecule has 4 nitrogen and oxygen atoms in total. The number of benzene rings is 2. The van der Waals surface area contributed by atoms with E-state index in [0.717, 1.165) is 23.1 Å². The van der Waals surface area contributed by atoms with Gasteiger partial charge in [0.1, 0.15) is 0 Å². The number of carbonyl (C=O) groups excluding carboxylic acids is 2. The van der Waals surface area contributed by atoms with Crippen molar-refractivity contribution in [2.75, 3.05) is 19.6 Å². The van der Waals surface area contributed by atoms with Crippen LogP contribution in [0.1, 0.15) is 39.9 Å². The number of likely N-dealkylation sites (tertiary alicyclic amines) is 1. The number of hydrogen-bond acceptors (Lipinski definition) is 2. The van der Waals surface area contributed by atoms with E-state index in [2.05, 4.69) is 5.32 Å². The molecule has 0 aliphatic carbocycles. The molecule has 0 unspecified atom stereocenters. The molecule has 1 aliphatic heterocycles. The summed E-state index contributed by atoms with van der Waals surface area (Å²) in [4.78, 5) is 27.0. The lowest BCUT2D eigenvalue weighted by Gasteiger charge is -2.31. The third-order valence-electron chi connectivity index (χ3n) is 5.51. The number of nitrogens with one attached hydrogen (secondary N) is 1. The van der Waals surface area contributed by atoms with Gasteiger partial charge in [0.2, 0.25) is 5.91 Å². The first-order valence-corrected chi connectivity index (χ1v) is 10.2. The molecule has 1 N–H and O–H groups in total. The molecule has 2 amide bonds. The smallest absolute Gasteiger partial charge is 0.253 e. The van der Waals surface area contributed by atoms with Gasteiger partial charge in [0, 0.05) is 36.1 Å². The second kappa shape index (κ2) is 9.24. The molecule has 0 bridgehead atoms. The highest BCUT2D eigenvalue weighted by molar-refractivity contribution is 6.30. The molecule has 5 heteroatoms. The third kappa shape index (κ3) is 5.14. The third-order valence-corrected chi connectivity index (χ3v) is 5.74. The van der Waals surface area contributed by atoms with E-state index in [0.29, 0.717) is 37.5 Å². The highest BCUT2D eigenvalue weighted by atomic mass is 35.5. The number of rotatable bonds is 5. The first-order valence-electron chi connectivity index (χ1n) is 9.82. The second-order valence-electron chi connectivity index (χ2n) is 7.54. The predicted octanol–water partition coefficient (Wildman–Crippen LogP) is 4.17. The molecule has 3 rings (SSSR count). The quantitative estimate of drug-likeness (QED) is 0.821. The summed E-state index contributed by atoms with van der Waals surface area (Å²) >= 11 is 5.99. The fourth-order valence-electron chi connectivity index (χ4n) is 3.57. The van der Waals surface area contributed by atoms with Crippen molar-refractivity contribution in [1.82, 2.24) is 10.2 Å². The minimum Gasteiger partial charge on any atom is -0.356 e. The Kier molecular flexibility index (Phi) is 6.74. The van der Waals surface area contributed by atoms with Gasteiger partial charge in [0.15, 0.2) is 0 Å². The van der Waals surface area contributed by atoms with Gasteiger partial charge in [-0.2, -0.15) is 0 Å². The van der Waals surface area contributed by atoms with Crippen molar-refractivity contribution in [1.29, 1.82) is 0 Å². The Morgan fingerprint density at radius 3 is 2.50 bits per heavy atom. The topological polar surface area (TPSA) is 49.4 Å². The van der Waals surface area contributed by atoms with Crippen LogP contribution in [0.3, 0.4) is 0 Å². The number of carbonyl (C=O) groups is 2. The van der Waals surface area contributed by atoms with Gasteiger partial charge in [0.05, 0.1) is 0 Å². The average Bonchev–Trinajstić information content (AvgIpc) is 2.69. The summed E-state index contributed by atoms with van der Waals surface area (Å²) in [5.74, 6) is 0.117. The van der Waals surface area contributed by atoms with Crippen molar-refractivity contribution in [2.24, 2.45) is 5.92 Å². The van der Waals surface area contributed by atoms with Crippen molar-refractivity contribution < 1.29 is 9.59 Å². The number of halogens is 1. The van der Waals surface area contributed by atoms with E-state index in [1.165, 1.54) is 5.56 Å². The lowest BCUT2D eigenvalue weighted by atomic mass is 9.95. The van der Waals surface area contributed by atoms with Crippen molar-refractivity contribution in [3.05, 3.63) is 69.7 Å². The maximum absolute atomic E-state index is 12.7. The molecule has 1 aliphatic rings. The summed E-state index contributed by atoms with van der Waals surface area (Å²) in [5.41, 5.74) is 4.15. The molecule has 2 aromatic carbocycles. The van der Waals surface area contributed by atoms with Gasteiger partial charge in [-0.05, 0) is 74.1 Å². The summed E-state index contributed by atoms with van der Waals surface area (Å²) in [6.07, 6.45) is 2.18. The molecule has 1 heterocycles. The van der Waals surface area contributed by atoms with Crippen molar-refractivity contribution in [3.8, 4) is 0 Å². The van der Waals surface area contributed by atoms with Crippen LogP contribution in [-0.2, 0) is 11.2 Å². The molecule has 0 atom stereocenters. The maximum Gasteiger partial charge on any atom is 0.253 e. The van der Waals surface area contributed by atoms with Gasteiger partial charge < -0.3 is 10.2 Å². The SMILES string of the molecule is Cc1ccc(C(=O)N2CCC(C(=O)NCCc3cccc(Cl)c3)CC2)cc1C. The van der Waals surface area contributed by atoms with Crippen LogP contribution in [0.25, 0.3) is 0 Å². The minimum absolute atomic E-state index is 0.0248. The van der Waals surface area contributed by atoms with Crippen LogP contribution in [0.5, 0.6) is 0 Å². The largest absolute Gasteiger partial charge is 0.356 e. The Hall–Kier alpha value is -2.33. The zero-order chi connectivity index (χ0) is 20.1. The standard InChI is InChI=1S/C23H27ClN2O2/c1-16-6-7-20(14-17(16)2)23(28)26-12-9-19(10-13-26)22(27)25-11-8-18-4-3-5-21(24)15-18/h3-7,14-15,19H,8-13H2,1-2H3,(H,25,27). The fourth-order valence-corrected chi connectivity index (χ4v) is 3.78. The van der Waals surface area contributed by atoms with Gasteiger partial charge >= 0.3 is 0 Å². The van der Waals surface area contributed by atoms with Gasteiger partial charge in [-0.1, -0.05) is 29.8 Å². The predicted molar refractivity (Wildman–Crippen MR) is 113 cm³/mol. The van der Waals surface area contributed by atoms with E-state index in [1.807, 2.05) is 61.2 Å². The number of aryl methyl sites for hydroxylation is 2. The monoisotopic (exact) mass is 398 g/mol. The van der Waals surface area contributed by atoms with Crippen molar-refractivity contribution in [2.45, 2.75) is 33.1 Å². The lowest BCUT2D eigenvalue weighted by molar-refractivity contribution is -0.126. The van der Waals surface area contributed by atoms with Gasteiger partial charge in [-0.3, -0.25) is 9.59 Å². The molecule has 0 spiro atoms. The minimum atomic E-state index is -0.0248. The lowest BCUT2D eigenvalue weighted by Crippen LogP contribution is -2.43. The summed E-state index contributed by atoms with van der Waals surface area (Å²) in [6, 6.07) is 13.5. The van der Waals surface area contributed by atoms with Crippen LogP contribution in [-0.4, -0.2) is 36.3 Å². The first-order chi connectivity index (χ1) is 13.4. The van der Waals surface area contributed by atoms with E-state index < -0.39 is 0 Å². The summed E-state index contributed by atoms with van der Waals surface area (Å²) in [7, 11) is 0. The zero-order valence-electron chi connectivity index (χ0n) is 16.5. The molecule has 0 radical (unpaired) electrons. The average molecular weight is 399 g/mol. The van der Waals surface area contributed by atoms with Crippen LogP contribution in [0.15, 0.2) is 42.5 Å². The molecular weight excluding hydrogens is 372 g/mol. The summed E-state index contributed by atoms with van der Waals surface area (Å²) in [5, 5.41) is 3.74. The van der Waals surface area contributed by atoms with Crippen LogP contribution in [0.4, 0.5) is 0 Å². The molecule has 2 aromatic rings. The zero-order valence-corrected chi connectivity index (χ0v) is 17.3. The van der Waals surface area contributed by atoms with E-state index >= 15 is 0 Å². The van der Waals surface area contributed by atoms with Gasteiger partial charge in [-0.15, -0.1) is 0 Å². The van der Waals surface area contributed by atoms with Gasteiger partial charge in [-0.25, -0.2) is 0 Å². The number of piperidine rings is 1. The highest BCUT2D eigenvalue weighted by Crippen LogP contribution is 2.20. The number of amides is 2. The molecule has 0 saturated carbocycles. The molecule has 0 aromatic heterocycles. The normalized spacial score (nSPS) is 14.8. The van der Waals surface area contributed by atoms with Crippen LogP contribution in [0, 0.1) is 19.8 Å². The molecule has 1 fully saturated rings. The Morgan fingerprint density at radius 1 is 1.07 bits per heavy atom. The van der Waals surface area contributed by atoms with E-state index in [4.69, 9.17) is 11.6 Å². The van der Waals surface area contributed by atoms with E-state index in [1.54, 1.807) is 0 Å². The molecule has 1 saturated heterocycles. The van der Waals surface area contributed by atoms with Crippen LogP contribution >= 0.6 is 11.6 Å². The summed E-state index contributed by atoms with van der Waals surface area (Å²) in [6.45, 7) is 5.91. The number of nitrogens with zero attached hydrogens (tertiary/aromatic N) is 1. The Morgan fingerprint density at radius 2 is 1.82 bits per heavy atom.